The molecule has 0 aromatic carbocycles. The van der Waals surface area contributed by atoms with Gasteiger partial charge in [-0.3, -0.25) is 15.1 Å². The lowest BCUT2D eigenvalue weighted by molar-refractivity contribution is 0.768. The Morgan fingerprint density at radius 2 is 2.47 bits per heavy atom. The molecule has 1 rings (SSSR count). The number of aliphatic imine (C=N–C) groups is 1. The first-order valence-electron chi connectivity index (χ1n) is 5.03. The van der Waals surface area contributed by atoms with Gasteiger partial charge in [0.2, 0.25) is 5.96 Å². The van der Waals surface area contributed by atoms with Crippen LogP contribution in [0.2, 0.25) is 0 Å². The molecule has 0 aliphatic rings. The molecule has 6 nitrogen and oxygen atoms in total. The smallest absolute Gasteiger partial charge is 0.210 e. The van der Waals surface area contributed by atoms with Crippen molar-refractivity contribution in [1.29, 1.82) is 0 Å². The normalized spacial score (nSPS) is 11.5. The van der Waals surface area contributed by atoms with Crippen LogP contribution in [0.3, 0.4) is 0 Å². The SMILES string of the molecule is CCCCN=C(NN)Nc1cnn(C)c1. The van der Waals surface area contributed by atoms with Crippen LogP contribution in [0.25, 0.3) is 0 Å². The fourth-order valence-electron chi connectivity index (χ4n) is 1.09. The summed E-state index contributed by atoms with van der Waals surface area (Å²) in [5.41, 5.74) is 3.39. The van der Waals surface area contributed by atoms with E-state index in [2.05, 4.69) is 27.8 Å². The molecule has 84 valence electrons. The van der Waals surface area contributed by atoms with E-state index in [4.69, 9.17) is 5.84 Å². The van der Waals surface area contributed by atoms with E-state index in [1.165, 1.54) is 0 Å². The van der Waals surface area contributed by atoms with E-state index in [1.54, 1.807) is 10.9 Å². The van der Waals surface area contributed by atoms with Gasteiger partial charge in [-0.1, -0.05) is 13.3 Å². The average Bonchev–Trinajstić information content (AvgIpc) is 2.63. The van der Waals surface area contributed by atoms with Gasteiger partial charge in [0.25, 0.3) is 0 Å². The average molecular weight is 210 g/mol. The largest absolute Gasteiger partial charge is 0.323 e. The van der Waals surface area contributed by atoms with E-state index < -0.39 is 0 Å². The predicted octanol–water partition coefficient (Wildman–Crippen LogP) is 0.451. The van der Waals surface area contributed by atoms with Crippen LogP contribution in [0.15, 0.2) is 17.4 Å². The van der Waals surface area contributed by atoms with Crippen molar-refractivity contribution in [1.82, 2.24) is 15.2 Å². The number of hydrogen-bond donors (Lipinski definition) is 3. The maximum Gasteiger partial charge on any atom is 0.210 e. The van der Waals surface area contributed by atoms with Crippen molar-refractivity contribution in [3.8, 4) is 0 Å². The van der Waals surface area contributed by atoms with Gasteiger partial charge in [-0.25, -0.2) is 5.84 Å². The van der Waals surface area contributed by atoms with Crippen LogP contribution in [0, 0.1) is 0 Å². The number of nitrogens with one attached hydrogen (secondary N) is 2. The van der Waals surface area contributed by atoms with Gasteiger partial charge in [0.1, 0.15) is 0 Å². The van der Waals surface area contributed by atoms with Crippen LogP contribution in [0.5, 0.6) is 0 Å². The van der Waals surface area contributed by atoms with Crippen molar-refractivity contribution in [2.45, 2.75) is 19.8 Å². The van der Waals surface area contributed by atoms with Gasteiger partial charge < -0.3 is 5.32 Å². The highest BCUT2D eigenvalue weighted by molar-refractivity contribution is 5.92. The Balaban J connectivity index is 2.49. The summed E-state index contributed by atoms with van der Waals surface area (Å²) < 4.78 is 1.71. The molecule has 1 aromatic rings. The Morgan fingerprint density at radius 1 is 1.67 bits per heavy atom. The molecular formula is C9H18N6. The molecule has 6 heteroatoms. The van der Waals surface area contributed by atoms with Gasteiger partial charge in [0.15, 0.2) is 0 Å². The van der Waals surface area contributed by atoms with E-state index in [1.807, 2.05) is 13.2 Å². The number of unbranched alkanes of at least 4 members (excludes halogenated alkanes) is 1. The summed E-state index contributed by atoms with van der Waals surface area (Å²) >= 11 is 0. The summed E-state index contributed by atoms with van der Waals surface area (Å²) in [7, 11) is 1.86. The van der Waals surface area contributed by atoms with Gasteiger partial charge in [-0.05, 0) is 6.42 Å². The van der Waals surface area contributed by atoms with Gasteiger partial charge >= 0.3 is 0 Å². The monoisotopic (exact) mass is 210 g/mol. The molecule has 0 aliphatic heterocycles. The Hall–Kier alpha value is -1.56. The molecule has 1 aromatic heterocycles. The molecule has 0 aliphatic carbocycles. The molecule has 0 atom stereocenters. The number of hydrogen-bond acceptors (Lipinski definition) is 3. The Bertz CT molecular complexity index is 316. The fourth-order valence-corrected chi connectivity index (χ4v) is 1.09. The van der Waals surface area contributed by atoms with E-state index >= 15 is 0 Å². The summed E-state index contributed by atoms with van der Waals surface area (Å²) in [6.45, 7) is 2.89. The van der Waals surface area contributed by atoms with Gasteiger partial charge in [0.05, 0.1) is 11.9 Å². The van der Waals surface area contributed by atoms with E-state index in [0.717, 1.165) is 25.1 Å². The zero-order valence-electron chi connectivity index (χ0n) is 9.20. The summed E-state index contributed by atoms with van der Waals surface area (Å²) in [6.07, 6.45) is 5.74. The molecule has 0 amide bonds. The number of guanidine groups is 1. The Morgan fingerprint density at radius 3 is 3.00 bits per heavy atom. The minimum absolute atomic E-state index is 0.566. The standard InChI is InChI=1S/C9H18N6/c1-3-4-5-11-9(14-10)13-8-6-12-15(2)7-8/h6-7H,3-5,10H2,1-2H3,(H2,11,13,14). The topological polar surface area (TPSA) is 80.3 Å². The van der Waals surface area contributed by atoms with Crippen molar-refractivity contribution in [3.05, 3.63) is 12.4 Å². The van der Waals surface area contributed by atoms with Gasteiger partial charge in [-0.2, -0.15) is 5.10 Å². The second-order valence-electron chi connectivity index (χ2n) is 3.26. The molecule has 1 heterocycles. The van der Waals surface area contributed by atoms with E-state index in [0.29, 0.717) is 5.96 Å². The molecule has 15 heavy (non-hydrogen) atoms. The summed E-state index contributed by atoms with van der Waals surface area (Å²) in [4.78, 5) is 4.27. The molecule has 0 radical (unpaired) electrons. The first-order chi connectivity index (χ1) is 7.26. The van der Waals surface area contributed by atoms with Crippen molar-refractivity contribution in [2.24, 2.45) is 17.9 Å². The third-order valence-electron chi connectivity index (χ3n) is 1.89. The highest BCUT2D eigenvalue weighted by atomic mass is 15.3. The van der Waals surface area contributed by atoms with Crippen molar-refractivity contribution < 1.29 is 0 Å². The molecule has 4 N–H and O–H groups in total. The van der Waals surface area contributed by atoms with Crippen molar-refractivity contribution in [2.75, 3.05) is 11.9 Å². The second kappa shape index (κ2) is 6.02. The number of anilines is 1. The number of nitrogens with zero attached hydrogens (tertiary/aromatic N) is 3. The summed E-state index contributed by atoms with van der Waals surface area (Å²) in [5.74, 6) is 5.91. The predicted molar refractivity (Wildman–Crippen MR) is 61.4 cm³/mol. The molecule has 0 saturated carbocycles. The Labute approximate surface area is 89.5 Å². The molecule has 0 spiro atoms. The zero-order valence-corrected chi connectivity index (χ0v) is 9.20. The molecule has 0 saturated heterocycles. The zero-order chi connectivity index (χ0) is 11.1. The quantitative estimate of drug-likeness (QED) is 0.222. The first-order valence-corrected chi connectivity index (χ1v) is 5.03. The first kappa shape index (κ1) is 11.5. The number of rotatable bonds is 4. The molecule has 0 bridgehead atoms. The minimum Gasteiger partial charge on any atom is -0.323 e. The van der Waals surface area contributed by atoms with Crippen molar-refractivity contribution in [3.63, 3.8) is 0 Å². The number of hydrazine groups is 1. The van der Waals surface area contributed by atoms with Crippen LogP contribution in [0.4, 0.5) is 5.69 Å². The van der Waals surface area contributed by atoms with E-state index in [-0.39, 0.29) is 0 Å². The number of aromatic nitrogens is 2. The maximum atomic E-state index is 5.34. The van der Waals surface area contributed by atoms with Crippen LogP contribution in [0.1, 0.15) is 19.8 Å². The lowest BCUT2D eigenvalue weighted by Crippen LogP contribution is -2.36. The number of nitrogens with two attached hydrogens (primary N) is 1. The van der Waals surface area contributed by atoms with Crippen LogP contribution < -0.4 is 16.6 Å². The lowest BCUT2D eigenvalue weighted by Gasteiger charge is -2.06. The maximum absolute atomic E-state index is 5.34. The van der Waals surface area contributed by atoms with Gasteiger partial charge in [-0.15, -0.1) is 0 Å². The Kier molecular flexibility index (Phi) is 4.62. The van der Waals surface area contributed by atoms with Crippen LogP contribution >= 0.6 is 0 Å². The highest BCUT2D eigenvalue weighted by Crippen LogP contribution is 2.02. The molecule has 0 fully saturated rings. The third kappa shape index (κ3) is 3.99. The van der Waals surface area contributed by atoms with Gasteiger partial charge in [0, 0.05) is 19.8 Å². The fraction of sp³-hybridized carbons (Fsp3) is 0.556. The molecular weight excluding hydrogens is 192 g/mol. The lowest BCUT2D eigenvalue weighted by atomic mass is 10.3. The molecule has 0 unspecified atom stereocenters. The number of aryl methyl sites for hydroxylation is 1. The van der Waals surface area contributed by atoms with Crippen LogP contribution in [-0.2, 0) is 7.05 Å². The van der Waals surface area contributed by atoms with E-state index in [9.17, 15) is 0 Å². The third-order valence-corrected chi connectivity index (χ3v) is 1.89. The minimum atomic E-state index is 0.566. The summed E-state index contributed by atoms with van der Waals surface area (Å²) in [6, 6.07) is 0. The second-order valence-corrected chi connectivity index (χ2v) is 3.26. The summed E-state index contributed by atoms with van der Waals surface area (Å²) in [5, 5.41) is 7.07. The van der Waals surface area contributed by atoms with Crippen molar-refractivity contribution >= 4 is 11.6 Å². The highest BCUT2D eigenvalue weighted by Gasteiger charge is 1.98. The van der Waals surface area contributed by atoms with Crippen LogP contribution in [-0.4, -0.2) is 22.3 Å².